The van der Waals surface area contributed by atoms with Crippen molar-refractivity contribution in [3.63, 3.8) is 0 Å². The van der Waals surface area contributed by atoms with E-state index in [0.717, 1.165) is 0 Å². The highest BCUT2D eigenvalue weighted by Gasteiger charge is 2.15. The van der Waals surface area contributed by atoms with Gasteiger partial charge in [-0.3, -0.25) is 14.4 Å². The SMILES string of the molecule is CC(C)(C)OC(=O)CCCCC(=O)OCOC=O. The highest BCUT2D eigenvalue weighted by Crippen LogP contribution is 2.10. The summed E-state index contributed by atoms with van der Waals surface area (Å²) in [5.74, 6) is -0.735. The first kappa shape index (κ1) is 16.4. The third kappa shape index (κ3) is 10.9. The Hall–Kier alpha value is -1.59. The summed E-state index contributed by atoms with van der Waals surface area (Å²) in [6, 6.07) is 0. The molecule has 18 heavy (non-hydrogen) atoms. The number of hydrogen-bond donors (Lipinski definition) is 0. The first-order valence-corrected chi connectivity index (χ1v) is 5.78. The number of hydrogen-bond acceptors (Lipinski definition) is 6. The maximum Gasteiger partial charge on any atom is 0.308 e. The summed E-state index contributed by atoms with van der Waals surface area (Å²) in [5.41, 5.74) is -0.484. The Kier molecular flexibility index (Phi) is 7.74. The number of carbonyl (C=O) groups excluding carboxylic acids is 3. The van der Waals surface area contributed by atoms with Crippen molar-refractivity contribution < 1.29 is 28.6 Å². The van der Waals surface area contributed by atoms with E-state index < -0.39 is 11.6 Å². The summed E-state index contributed by atoms with van der Waals surface area (Å²) in [5, 5.41) is 0. The third-order valence-corrected chi connectivity index (χ3v) is 1.79. The van der Waals surface area contributed by atoms with Crippen molar-refractivity contribution in [1.29, 1.82) is 0 Å². The molecule has 0 heterocycles. The molecule has 0 aliphatic rings. The lowest BCUT2D eigenvalue weighted by atomic mass is 10.1. The van der Waals surface area contributed by atoms with Crippen LogP contribution >= 0.6 is 0 Å². The molecule has 0 saturated carbocycles. The predicted octanol–water partition coefficient (Wildman–Crippen LogP) is 1.56. The minimum absolute atomic E-state index is 0.186. The second-order valence-electron chi connectivity index (χ2n) is 4.69. The molecule has 0 aromatic carbocycles. The quantitative estimate of drug-likeness (QED) is 0.285. The van der Waals surface area contributed by atoms with Gasteiger partial charge in [0.25, 0.3) is 6.47 Å². The van der Waals surface area contributed by atoms with Crippen molar-refractivity contribution in [3.05, 3.63) is 0 Å². The van der Waals surface area contributed by atoms with Crippen LogP contribution in [0.25, 0.3) is 0 Å². The molecule has 6 nitrogen and oxygen atoms in total. The molecule has 0 unspecified atom stereocenters. The fourth-order valence-corrected chi connectivity index (χ4v) is 1.13. The molecule has 6 heteroatoms. The van der Waals surface area contributed by atoms with Crippen LogP contribution in [-0.2, 0) is 28.6 Å². The van der Waals surface area contributed by atoms with Crippen LogP contribution < -0.4 is 0 Å². The fourth-order valence-electron chi connectivity index (χ4n) is 1.13. The van der Waals surface area contributed by atoms with Crippen LogP contribution in [0, 0.1) is 0 Å². The van der Waals surface area contributed by atoms with Gasteiger partial charge in [0.05, 0.1) is 0 Å². The molecule has 0 aromatic heterocycles. The zero-order valence-electron chi connectivity index (χ0n) is 11.1. The number of rotatable bonds is 8. The fraction of sp³-hybridized carbons (Fsp3) is 0.750. The highest BCUT2D eigenvalue weighted by atomic mass is 16.7. The number of ether oxygens (including phenoxy) is 3. The highest BCUT2D eigenvalue weighted by molar-refractivity contribution is 5.70. The summed E-state index contributed by atoms with van der Waals surface area (Å²) in [6.45, 7) is 5.24. The maximum absolute atomic E-state index is 11.3. The standard InChI is InChI=1S/C12H20O6/c1-12(2,3)18-11(15)7-5-4-6-10(14)17-9-16-8-13/h8H,4-7,9H2,1-3H3. The van der Waals surface area contributed by atoms with Crippen LogP contribution in [0.5, 0.6) is 0 Å². The second-order valence-corrected chi connectivity index (χ2v) is 4.69. The van der Waals surface area contributed by atoms with Crippen LogP contribution in [-0.4, -0.2) is 30.8 Å². The number of carbonyl (C=O) groups is 3. The Morgan fingerprint density at radius 3 is 2.11 bits per heavy atom. The van der Waals surface area contributed by atoms with Gasteiger partial charge in [-0.1, -0.05) is 0 Å². The lowest BCUT2D eigenvalue weighted by Crippen LogP contribution is -2.23. The van der Waals surface area contributed by atoms with Gasteiger partial charge in [0.1, 0.15) is 5.60 Å². The summed E-state index contributed by atoms with van der Waals surface area (Å²) in [4.78, 5) is 32.1. The van der Waals surface area contributed by atoms with Gasteiger partial charge >= 0.3 is 11.9 Å². The van der Waals surface area contributed by atoms with Gasteiger partial charge in [-0.2, -0.15) is 0 Å². The molecule has 0 rings (SSSR count). The van der Waals surface area contributed by atoms with Crippen molar-refractivity contribution in [1.82, 2.24) is 0 Å². The summed E-state index contributed by atoms with van der Waals surface area (Å²) >= 11 is 0. The van der Waals surface area contributed by atoms with Gasteiger partial charge in [-0.05, 0) is 33.6 Å². The zero-order valence-corrected chi connectivity index (χ0v) is 11.1. The second kappa shape index (κ2) is 8.49. The van der Waals surface area contributed by atoms with Crippen LogP contribution in [0.15, 0.2) is 0 Å². The van der Waals surface area contributed by atoms with E-state index in [0.29, 0.717) is 12.8 Å². The zero-order chi connectivity index (χ0) is 14.0. The Labute approximate surface area is 107 Å². The van der Waals surface area contributed by atoms with E-state index >= 15 is 0 Å². The van der Waals surface area contributed by atoms with Gasteiger partial charge in [0, 0.05) is 12.8 Å². The Morgan fingerprint density at radius 2 is 1.61 bits per heavy atom. The molecule has 0 N–H and O–H groups in total. The molecule has 0 bridgehead atoms. The molecule has 0 fully saturated rings. The van der Waals surface area contributed by atoms with E-state index in [1.165, 1.54) is 0 Å². The van der Waals surface area contributed by atoms with Gasteiger partial charge in [0.2, 0.25) is 6.79 Å². The molecule has 0 aliphatic carbocycles. The van der Waals surface area contributed by atoms with E-state index in [1.54, 1.807) is 20.8 Å². The molecule has 0 radical (unpaired) electrons. The Morgan fingerprint density at radius 1 is 1.06 bits per heavy atom. The van der Waals surface area contributed by atoms with Crippen molar-refractivity contribution in [2.24, 2.45) is 0 Å². The van der Waals surface area contributed by atoms with Gasteiger partial charge in [0.15, 0.2) is 0 Å². The van der Waals surface area contributed by atoms with E-state index in [9.17, 15) is 14.4 Å². The summed E-state index contributed by atoms with van der Waals surface area (Å²) in [6.07, 6.45) is 1.54. The molecule has 0 spiro atoms. The Balaban J connectivity index is 3.52. The lowest BCUT2D eigenvalue weighted by Gasteiger charge is -2.19. The average Bonchev–Trinajstić information content (AvgIpc) is 2.22. The topological polar surface area (TPSA) is 78.9 Å². The largest absolute Gasteiger partial charge is 0.460 e. The predicted molar refractivity (Wildman–Crippen MR) is 62.4 cm³/mol. The van der Waals surface area contributed by atoms with Crippen molar-refractivity contribution in [2.45, 2.75) is 52.1 Å². The van der Waals surface area contributed by atoms with Gasteiger partial charge in [-0.25, -0.2) is 0 Å². The van der Waals surface area contributed by atoms with Crippen LogP contribution in [0.2, 0.25) is 0 Å². The van der Waals surface area contributed by atoms with E-state index in [1.807, 2.05) is 0 Å². The van der Waals surface area contributed by atoms with Crippen molar-refractivity contribution in [2.75, 3.05) is 6.79 Å². The maximum atomic E-state index is 11.3. The molecule has 0 aromatic rings. The smallest absolute Gasteiger partial charge is 0.308 e. The molecule has 104 valence electrons. The minimum atomic E-state index is -0.484. The monoisotopic (exact) mass is 260 g/mol. The third-order valence-electron chi connectivity index (χ3n) is 1.79. The van der Waals surface area contributed by atoms with E-state index in [4.69, 9.17) is 4.74 Å². The van der Waals surface area contributed by atoms with E-state index in [2.05, 4.69) is 9.47 Å². The number of unbranched alkanes of at least 4 members (excludes halogenated alkanes) is 1. The van der Waals surface area contributed by atoms with E-state index in [-0.39, 0.29) is 32.1 Å². The number of esters is 2. The first-order chi connectivity index (χ1) is 8.35. The van der Waals surface area contributed by atoms with Crippen LogP contribution in [0.1, 0.15) is 46.5 Å². The van der Waals surface area contributed by atoms with Crippen LogP contribution in [0.3, 0.4) is 0 Å². The molecule has 0 atom stereocenters. The Bertz CT molecular complexity index is 279. The van der Waals surface area contributed by atoms with Crippen molar-refractivity contribution >= 4 is 18.4 Å². The summed E-state index contributed by atoms with van der Waals surface area (Å²) in [7, 11) is 0. The molecule has 0 aliphatic heterocycles. The molecule has 0 amide bonds. The van der Waals surface area contributed by atoms with Crippen molar-refractivity contribution in [3.8, 4) is 0 Å². The van der Waals surface area contributed by atoms with Gasteiger partial charge in [-0.15, -0.1) is 0 Å². The minimum Gasteiger partial charge on any atom is -0.460 e. The lowest BCUT2D eigenvalue weighted by molar-refractivity contribution is -0.161. The molecular weight excluding hydrogens is 240 g/mol. The summed E-state index contributed by atoms with van der Waals surface area (Å²) < 4.78 is 13.9. The molecule has 0 saturated heterocycles. The normalized spacial score (nSPS) is 10.6. The molecular formula is C12H20O6. The van der Waals surface area contributed by atoms with Crippen LogP contribution in [0.4, 0.5) is 0 Å². The van der Waals surface area contributed by atoms with Gasteiger partial charge < -0.3 is 14.2 Å². The first-order valence-electron chi connectivity index (χ1n) is 5.78. The average molecular weight is 260 g/mol.